The van der Waals surface area contributed by atoms with Crippen LogP contribution in [-0.2, 0) is 6.42 Å². The first-order valence-corrected chi connectivity index (χ1v) is 8.21. The molecule has 0 radical (unpaired) electrons. The molecule has 3 aromatic carbocycles. The molecule has 25 heavy (non-hydrogen) atoms. The highest BCUT2D eigenvalue weighted by molar-refractivity contribution is 5.82. The van der Waals surface area contributed by atoms with Gasteiger partial charge in [-0.05, 0) is 43.5 Å². The Hall–Kier alpha value is -2.88. The number of hydrogen-bond acceptors (Lipinski definition) is 4. The molecule has 0 saturated heterocycles. The highest BCUT2D eigenvalue weighted by Gasteiger charge is 2.28. The molecule has 3 rings (SSSR count). The third kappa shape index (κ3) is 3.48. The van der Waals surface area contributed by atoms with Crippen LogP contribution in [0.15, 0.2) is 64.2 Å². The Morgan fingerprint density at radius 1 is 0.960 bits per heavy atom. The highest BCUT2D eigenvalue weighted by atomic mass is 16.5. The molecule has 0 aliphatic rings. The lowest BCUT2D eigenvalue weighted by Crippen LogP contribution is -2.43. The van der Waals surface area contributed by atoms with Crippen molar-refractivity contribution in [3.63, 3.8) is 0 Å². The summed E-state index contributed by atoms with van der Waals surface area (Å²) in [6.45, 7) is 4.04. The molecule has 3 aromatic rings. The maximum atomic E-state index is 12.1. The fourth-order valence-electron chi connectivity index (χ4n) is 3.05. The molecule has 0 unspecified atom stereocenters. The van der Waals surface area contributed by atoms with Gasteiger partial charge < -0.3 is 10.1 Å². The lowest BCUT2D eigenvalue weighted by Gasteiger charge is -2.29. The van der Waals surface area contributed by atoms with Gasteiger partial charge in [-0.15, -0.1) is 0 Å². The van der Waals surface area contributed by atoms with Gasteiger partial charge in [0.05, 0.1) is 18.4 Å². The average Bonchev–Trinajstić information content (AvgIpc) is 2.61. The van der Waals surface area contributed by atoms with Gasteiger partial charge in [0.25, 0.3) is 0 Å². The van der Waals surface area contributed by atoms with Crippen LogP contribution in [0.3, 0.4) is 0 Å². The zero-order chi connectivity index (χ0) is 18.0. The summed E-state index contributed by atoms with van der Waals surface area (Å²) in [5.74, 6) is 0.653. The van der Waals surface area contributed by atoms with Crippen molar-refractivity contribution in [2.75, 3.05) is 12.4 Å². The monoisotopic (exact) mass is 335 g/mol. The van der Waals surface area contributed by atoms with Crippen molar-refractivity contribution < 1.29 is 4.74 Å². The molecule has 0 aliphatic heterocycles. The second-order valence-electron chi connectivity index (χ2n) is 6.81. The summed E-state index contributed by atoms with van der Waals surface area (Å²) >= 11 is 0. The minimum atomic E-state index is -0.459. The Morgan fingerprint density at radius 2 is 1.68 bits per heavy atom. The topological polar surface area (TPSA) is 55.4 Å². The van der Waals surface area contributed by atoms with Crippen molar-refractivity contribution in [2.24, 2.45) is 0 Å². The predicted octanol–water partition coefficient (Wildman–Crippen LogP) is 3.39. The first kappa shape index (κ1) is 17.0. The van der Waals surface area contributed by atoms with Crippen LogP contribution in [0.2, 0.25) is 0 Å². The van der Waals surface area contributed by atoms with Gasteiger partial charge in [-0.2, -0.15) is 0 Å². The molecule has 128 valence electrons. The molecule has 4 heteroatoms. The number of nitrogens with one attached hydrogen (secondary N) is 1. The third-order valence-corrected chi connectivity index (χ3v) is 4.22. The highest BCUT2D eigenvalue weighted by Crippen LogP contribution is 2.29. The normalized spacial score (nSPS) is 11.5. The van der Waals surface area contributed by atoms with E-state index in [-0.39, 0.29) is 5.54 Å². The summed E-state index contributed by atoms with van der Waals surface area (Å²) in [5.41, 5.74) is 1.41. The molecular weight excluding hydrogens is 314 g/mol. The van der Waals surface area contributed by atoms with Crippen LogP contribution in [-0.4, -0.2) is 12.6 Å². The second kappa shape index (κ2) is 6.55. The zero-order valence-corrected chi connectivity index (χ0v) is 14.6. The van der Waals surface area contributed by atoms with Crippen molar-refractivity contribution in [3.05, 3.63) is 80.6 Å². The molecule has 0 atom stereocenters. The molecule has 0 amide bonds. The minimum Gasteiger partial charge on any atom is -0.497 e. The third-order valence-electron chi connectivity index (χ3n) is 4.22. The van der Waals surface area contributed by atoms with Crippen LogP contribution in [0.4, 0.5) is 5.69 Å². The van der Waals surface area contributed by atoms with Crippen molar-refractivity contribution in [2.45, 2.75) is 25.8 Å². The number of hydrogen-bond donors (Lipinski definition) is 1. The van der Waals surface area contributed by atoms with Crippen LogP contribution in [0.1, 0.15) is 19.4 Å². The van der Waals surface area contributed by atoms with E-state index in [1.54, 1.807) is 13.2 Å². The Bertz CT molecular complexity index is 951. The summed E-state index contributed by atoms with van der Waals surface area (Å²) in [6, 6.07) is 17.3. The SMILES string of the molecule is COc1cccc(-c2c(NC(C)(C)Cc3ccccc3)c(=O)c2=O)c1. The second-order valence-corrected chi connectivity index (χ2v) is 6.81. The van der Waals surface area contributed by atoms with E-state index in [0.29, 0.717) is 22.6 Å². The molecule has 0 aromatic heterocycles. The Morgan fingerprint density at radius 3 is 2.36 bits per heavy atom. The maximum Gasteiger partial charge on any atom is 0.250 e. The van der Waals surface area contributed by atoms with E-state index in [9.17, 15) is 9.59 Å². The number of anilines is 1. The molecular formula is C21H21NO3. The summed E-state index contributed by atoms with van der Waals surface area (Å²) in [6.07, 6.45) is 0.740. The van der Waals surface area contributed by atoms with Gasteiger partial charge in [-0.3, -0.25) is 9.59 Å². The van der Waals surface area contributed by atoms with Gasteiger partial charge in [-0.1, -0.05) is 42.5 Å². The van der Waals surface area contributed by atoms with Crippen molar-refractivity contribution >= 4 is 5.69 Å². The van der Waals surface area contributed by atoms with E-state index in [2.05, 4.69) is 17.4 Å². The van der Waals surface area contributed by atoms with E-state index in [4.69, 9.17) is 4.74 Å². The summed E-state index contributed by atoms with van der Waals surface area (Å²) in [5, 5.41) is 3.28. The summed E-state index contributed by atoms with van der Waals surface area (Å²) in [7, 11) is 1.57. The quantitative estimate of drug-likeness (QED) is 0.702. The van der Waals surface area contributed by atoms with Gasteiger partial charge in [-0.25, -0.2) is 0 Å². The lowest BCUT2D eigenvalue weighted by molar-refractivity contribution is 0.415. The van der Waals surface area contributed by atoms with Crippen LogP contribution in [0.25, 0.3) is 11.1 Å². The van der Waals surface area contributed by atoms with E-state index in [0.717, 1.165) is 6.42 Å². The zero-order valence-electron chi connectivity index (χ0n) is 14.6. The minimum absolute atomic E-state index is 0.364. The first-order chi connectivity index (χ1) is 11.9. The summed E-state index contributed by atoms with van der Waals surface area (Å²) < 4.78 is 5.21. The predicted molar refractivity (Wildman–Crippen MR) is 101 cm³/mol. The molecule has 1 N–H and O–H groups in total. The summed E-state index contributed by atoms with van der Waals surface area (Å²) in [4.78, 5) is 24.3. The molecule has 0 saturated carbocycles. The van der Waals surface area contributed by atoms with Gasteiger partial charge in [0.1, 0.15) is 5.75 Å². The lowest BCUT2D eigenvalue weighted by atomic mass is 9.91. The smallest absolute Gasteiger partial charge is 0.250 e. The van der Waals surface area contributed by atoms with Crippen molar-refractivity contribution in [1.29, 1.82) is 0 Å². The molecule has 4 nitrogen and oxygen atoms in total. The van der Waals surface area contributed by atoms with Crippen LogP contribution < -0.4 is 20.9 Å². The van der Waals surface area contributed by atoms with Gasteiger partial charge in [0.15, 0.2) is 0 Å². The van der Waals surface area contributed by atoms with Gasteiger partial charge in [0.2, 0.25) is 10.9 Å². The van der Waals surface area contributed by atoms with Crippen molar-refractivity contribution in [3.8, 4) is 16.9 Å². The van der Waals surface area contributed by atoms with Crippen LogP contribution in [0, 0.1) is 0 Å². The fraction of sp³-hybridized carbons (Fsp3) is 0.238. The Labute approximate surface area is 146 Å². The number of benzene rings is 2. The van der Waals surface area contributed by atoms with Gasteiger partial charge >= 0.3 is 0 Å². The van der Waals surface area contributed by atoms with Crippen LogP contribution in [0.5, 0.6) is 5.75 Å². The number of ether oxygens (including phenoxy) is 1. The van der Waals surface area contributed by atoms with Gasteiger partial charge in [0, 0.05) is 5.54 Å². The molecule has 0 spiro atoms. The Balaban J connectivity index is 1.90. The van der Waals surface area contributed by atoms with E-state index < -0.39 is 10.9 Å². The largest absolute Gasteiger partial charge is 0.497 e. The van der Waals surface area contributed by atoms with E-state index >= 15 is 0 Å². The molecule has 0 aliphatic carbocycles. The molecule has 0 heterocycles. The van der Waals surface area contributed by atoms with E-state index in [1.807, 2.05) is 50.2 Å². The average molecular weight is 335 g/mol. The van der Waals surface area contributed by atoms with Crippen molar-refractivity contribution in [1.82, 2.24) is 0 Å². The molecule has 0 bridgehead atoms. The number of methoxy groups -OCH3 is 1. The van der Waals surface area contributed by atoms with Crippen LogP contribution >= 0.6 is 0 Å². The first-order valence-electron chi connectivity index (χ1n) is 8.21. The fourth-order valence-corrected chi connectivity index (χ4v) is 3.05. The Kier molecular flexibility index (Phi) is 4.45. The number of rotatable bonds is 6. The maximum absolute atomic E-state index is 12.1. The van der Waals surface area contributed by atoms with E-state index in [1.165, 1.54) is 5.56 Å². The standard InChI is InChI=1S/C21H21NO3/c1-21(2,13-14-8-5-4-6-9-14)22-18-17(19(23)20(18)24)15-10-7-11-16(12-15)25-3/h4-12,22H,13H2,1-3H3. The molecule has 0 fully saturated rings.